The molecule has 0 saturated carbocycles. The van der Waals surface area contributed by atoms with Crippen LogP contribution in [0, 0.1) is 0 Å². The number of carbonyl (C=O) groups is 1. The second-order valence-corrected chi connectivity index (χ2v) is 5.94. The van der Waals surface area contributed by atoms with Gasteiger partial charge >= 0.3 is 6.09 Å². The summed E-state index contributed by atoms with van der Waals surface area (Å²) in [7, 11) is 1.60. The molecule has 6 nitrogen and oxygen atoms in total. The molecule has 2 atom stereocenters. The Labute approximate surface area is 134 Å². The highest BCUT2D eigenvalue weighted by atomic mass is 35.5. The molecule has 22 heavy (non-hydrogen) atoms. The Morgan fingerprint density at radius 1 is 1.55 bits per heavy atom. The summed E-state index contributed by atoms with van der Waals surface area (Å²) in [5.41, 5.74) is 1.55. The first kappa shape index (κ1) is 15.4. The average molecular weight is 327 g/mol. The van der Waals surface area contributed by atoms with Gasteiger partial charge in [-0.2, -0.15) is 0 Å². The van der Waals surface area contributed by atoms with Gasteiger partial charge in [0.15, 0.2) is 5.76 Å². The lowest BCUT2D eigenvalue weighted by atomic mass is 9.98. The molecule has 0 spiro atoms. The number of halogens is 1. The monoisotopic (exact) mass is 326 g/mol. The predicted octanol–water partition coefficient (Wildman–Crippen LogP) is 3.16. The first-order chi connectivity index (χ1) is 10.7. The van der Waals surface area contributed by atoms with Gasteiger partial charge in [-0.1, -0.05) is 16.8 Å². The molecule has 1 amide bonds. The molecule has 3 rings (SSSR count). The summed E-state index contributed by atoms with van der Waals surface area (Å²) in [6.45, 7) is 2.53. The summed E-state index contributed by atoms with van der Waals surface area (Å²) >= 11 is 6.47. The van der Waals surface area contributed by atoms with Gasteiger partial charge < -0.3 is 14.0 Å². The van der Waals surface area contributed by atoms with E-state index in [9.17, 15) is 4.79 Å². The topological polar surface area (TPSA) is 64.8 Å². The minimum atomic E-state index is -0.280. The molecule has 1 aromatic rings. The Balaban J connectivity index is 1.90. The molecule has 0 N–H and O–H groups in total. The second kappa shape index (κ2) is 6.30. The average Bonchev–Trinajstić information content (AvgIpc) is 3.05. The van der Waals surface area contributed by atoms with E-state index in [0.29, 0.717) is 31.1 Å². The van der Waals surface area contributed by atoms with Crippen molar-refractivity contribution in [3.8, 4) is 0 Å². The van der Waals surface area contributed by atoms with Gasteiger partial charge in [0.1, 0.15) is 12.3 Å². The SMILES string of the molecule is CCOC(=O)N1C2CCC1C(c1cc(COC)on1)=C(Cl)C2. The quantitative estimate of drug-likeness (QED) is 0.850. The fraction of sp³-hybridized carbons (Fsp3) is 0.600. The van der Waals surface area contributed by atoms with Gasteiger partial charge in [0.25, 0.3) is 0 Å². The fourth-order valence-electron chi connectivity index (χ4n) is 3.30. The lowest BCUT2D eigenvalue weighted by Crippen LogP contribution is -2.44. The summed E-state index contributed by atoms with van der Waals surface area (Å²) in [6.07, 6.45) is 2.14. The maximum Gasteiger partial charge on any atom is 0.410 e. The van der Waals surface area contributed by atoms with E-state index in [4.69, 9.17) is 25.6 Å². The molecule has 1 aromatic heterocycles. The van der Waals surface area contributed by atoms with E-state index in [1.807, 2.05) is 13.0 Å². The van der Waals surface area contributed by atoms with Crippen LogP contribution in [0.2, 0.25) is 0 Å². The van der Waals surface area contributed by atoms with E-state index in [1.54, 1.807) is 12.0 Å². The second-order valence-electron chi connectivity index (χ2n) is 5.49. The molecule has 120 valence electrons. The van der Waals surface area contributed by atoms with E-state index in [2.05, 4.69) is 5.16 Å². The van der Waals surface area contributed by atoms with Crippen LogP contribution in [0.5, 0.6) is 0 Å². The molecule has 3 heterocycles. The highest BCUT2D eigenvalue weighted by Gasteiger charge is 2.45. The van der Waals surface area contributed by atoms with Gasteiger partial charge in [-0.25, -0.2) is 4.79 Å². The molecule has 2 aliphatic heterocycles. The van der Waals surface area contributed by atoms with Gasteiger partial charge in [-0.05, 0) is 19.8 Å². The summed E-state index contributed by atoms with van der Waals surface area (Å²) in [5.74, 6) is 0.636. The molecular formula is C15H19ClN2O4. The minimum absolute atomic E-state index is 0.0919. The van der Waals surface area contributed by atoms with Gasteiger partial charge in [0.2, 0.25) is 0 Å². The van der Waals surface area contributed by atoms with Crippen LogP contribution in [0.15, 0.2) is 15.6 Å². The number of methoxy groups -OCH3 is 1. The Morgan fingerprint density at radius 2 is 2.36 bits per heavy atom. The number of fused-ring (bicyclic) bond motifs is 2. The first-order valence-electron chi connectivity index (χ1n) is 7.44. The first-order valence-corrected chi connectivity index (χ1v) is 7.82. The Kier molecular flexibility index (Phi) is 4.40. The number of hydrogen-bond donors (Lipinski definition) is 0. The van der Waals surface area contributed by atoms with Crippen molar-refractivity contribution in [2.24, 2.45) is 0 Å². The molecule has 0 aliphatic carbocycles. The zero-order valence-corrected chi connectivity index (χ0v) is 13.4. The van der Waals surface area contributed by atoms with Crippen LogP contribution in [-0.2, 0) is 16.1 Å². The summed E-state index contributed by atoms with van der Waals surface area (Å²) in [4.78, 5) is 14.0. The molecule has 2 aliphatic rings. The maximum atomic E-state index is 12.2. The minimum Gasteiger partial charge on any atom is -0.450 e. The van der Waals surface area contributed by atoms with Crippen molar-refractivity contribution >= 4 is 23.3 Å². The zero-order chi connectivity index (χ0) is 15.7. The number of aromatic nitrogens is 1. The Hall–Kier alpha value is -1.53. The van der Waals surface area contributed by atoms with Crippen LogP contribution >= 0.6 is 11.6 Å². The third-order valence-electron chi connectivity index (χ3n) is 4.14. The van der Waals surface area contributed by atoms with Gasteiger partial charge in [-0.3, -0.25) is 4.90 Å². The molecule has 0 radical (unpaired) electrons. The van der Waals surface area contributed by atoms with Crippen molar-refractivity contribution < 1.29 is 18.8 Å². The zero-order valence-electron chi connectivity index (χ0n) is 12.7. The van der Waals surface area contributed by atoms with Crippen LogP contribution in [0.4, 0.5) is 4.79 Å². The molecule has 7 heteroatoms. The smallest absolute Gasteiger partial charge is 0.410 e. The predicted molar refractivity (Wildman–Crippen MR) is 80.3 cm³/mol. The molecule has 1 fully saturated rings. The number of rotatable bonds is 4. The number of amides is 1. The number of carbonyl (C=O) groups excluding carboxylic acids is 1. The van der Waals surface area contributed by atoms with Crippen LogP contribution in [0.25, 0.3) is 5.57 Å². The highest BCUT2D eigenvalue weighted by molar-refractivity contribution is 6.33. The summed E-state index contributed by atoms with van der Waals surface area (Å²) in [5, 5.41) is 4.84. The molecule has 2 unspecified atom stereocenters. The van der Waals surface area contributed by atoms with Crippen molar-refractivity contribution in [2.75, 3.05) is 13.7 Å². The lowest BCUT2D eigenvalue weighted by Gasteiger charge is -2.35. The Morgan fingerprint density at radius 3 is 3.09 bits per heavy atom. The fourth-order valence-corrected chi connectivity index (χ4v) is 3.70. The largest absolute Gasteiger partial charge is 0.450 e. The molecule has 1 saturated heterocycles. The number of hydrogen-bond acceptors (Lipinski definition) is 5. The van der Waals surface area contributed by atoms with Crippen molar-refractivity contribution in [1.82, 2.24) is 10.1 Å². The third-order valence-corrected chi connectivity index (χ3v) is 4.50. The van der Waals surface area contributed by atoms with E-state index in [0.717, 1.165) is 23.4 Å². The number of ether oxygens (including phenoxy) is 2. The summed E-state index contributed by atoms with van der Waals surface area (Å²) < 4.78 is 15.5. The van der Waals surface area contributed by atoms with Crippen molar-refractivity contribution in [1.29, 1.82) is 0 Å². The summed E-state index contributed by atoms with van der Waals surface area (Å²) in [6, 6.07) is 1.85. The molecule has 0 aromatic carbocycles. The van der Waals surface area contributed by atoms with Gasteiger partial charge in [0.05, 0.1) is 12.6 Å². The Bertz CT molecular complexity index is 598. The van der Waals surface area contributed by atoms with Crippen LogP contribution < -0.4 is 0 Å². The van der Waals surface area contributed by atoms with E-state index in [1.165, 1.54) is 0 Å². The van der Waals surface area contributed by atoms with Crippen LogP contribution in [0.1, 0.15) is 37.6 Å². The maximum absolute atomic E-state index is 12.2. The standard InChI is InChI=1S/C15H19ClN2O4/c1-3-21-15(19)18-9-4-5-13(18)14(11(16)6-9)12-7-10(8-20-2)22-17-12/h7,9,13H,3-6,8H2,1-2H3. The molecule has 2 bridgehead atoms. The molecular weight excluding hydrogens is 308 g/mol. The van der Waals surface area contributed by atoms with Gasteiger partial charge in [-0.15, -0.1) is 0 Å². The van der Waals surface area contributed by atoms with E-state index in [-0.39, 0.29) is 18.2 Å². The van der Waals surface area contributed by atoms with E-state index < -0.39 is 0 Å². The van der Waals surface area contributed by atoms with Crippen molar-refractivity contribution in [3.63, 3.8) is 0 Å². The van der Waals surface area contributed by atoms with Crippen molar-refractivity contribution in [2.45, 2.75) is 44.9 Å². The normalized spacial score (nSPS) is 24.0. The number of nitrogens with zero attached hydrogens (tertiary/aromatic N) is 2. The van der Waals surface area contributed by atoms with Crippen LogP contribution in [0.3, 0.4) is 0 Å². The highest BCUT2D eigenvalue weighted by Crippen LogP contribution is 2.44. The third kappa shape index (κ3) is 2.61. The lowest BCUT2D eigenvalue weighted by molar-refractivity contribution is 0.0937. The van der Waals surface area contributed by atoms with Gasteiger partial charge in [0, 0.05) is 36.2 Å². The van der Waals surface area contributed by atoms with Crippen LogP contribution in [-0.4, -0.2) is 42.0 Å². The van der Waals surface area contributed by atoms with Crippen molar-refractivity contribution in [3.05, 3.63) is 22.6 Å². The van der Waals surface area contributed by atoms with E-state index >= 15 is 0 Å².